The molecule has 1 unspecified atom stereocenters. The summed E-state index contributed by atoms with van der Waals surface area (Å²) >= 11 is 0. The minimum atomic E-state index is -0.402. The highest BCUT2D eigenvalue weighted by atomic mass is 16.6. The molecule has 0 aliphatic carbocycles. The summed E-state index contributed by atoms with van der Waals surface area (Å²) in [6.45, 7) is 0.905. The van der Waals surface area contributed by atoms with E-state index in [0.717, 1.165) is 11.3 Å². The van der Waals surface area contributed by atoms with Gasteiger partial charge in [-0.2, -0.15) is 0 Å². The molecule has 1 atom stereocenters. The maximum Gasteiger partial charge on any atom is 0.411 e. The number of ether oxygens (including phenoxy) is 2. The lowest BCUT2D eigenvalue weighted by Crippen LogP contribution is -2.14. The predicted octanol–water partition coefficient (Wildman–Crippen LogP) is 1.98. The van der Waals surface area contributed by atoms with Crippen LogP contribution in [-0.2, 0) is 9.47 Å². The summed E-state index contributed by atoms with van der Waals surface area (Å²) in [6, 6.07) is 7.67. The molecule has 0 saturated carbocycles. The van der Waals surface area contributed by atoms with Crippen molar-refractivity contribution in [1.82, 2.24) is 0 Å². The number of methoxy groups -OCH3 is 1. The molecule has 1 N–H and O–H groups in total. The Kier molecular flexibility index (Phi) is 2.87. The standard InChI is InChI=1S/C11H13NO3/c1-14-6-8-7-15-11(13)12-10-5-3-2-4-9(8)10/h2-5,8H,6-7H2,1H3,(H,12,13). The molecule has 0 radical (unpaired) electrons. The van der Waals surface area contributed by atoms with E-state index < -0.39 is 6.09 Å². The first kappa shape index (κ1) is 9.98. The molecule has 15 heavy (non-hydrogen) atoms. The molecule has 1 aromatic carbocycles. The van der Waals surface area contributed by atoms with Gasteiger partial charge in [0.25, 0.3) is 0 Å². The largest absolute Gasteiger partial charge is 0.449 e. The van der Waals surface area contributed by atoms with Gasteiger partial charge in [0.05, 0.1) is 6.61 Å². The van der Waals surface area contributed by atoms with Crippen LogP contribution in [0.5, 0.6) is 0 Å². The van der Waals surface area contributed by atoms with Crippen LogP contribution in [0.2, 0.25) is 0 Å². The molecule has 1 aromatic rings. The third kappa shape index (κ3) is 2.10. The van der Waals surface area contributed by atoms with E-state index in [-0.39, 0.29) is 5.92 Å². The molecular formula is C11H13NO3. The van der Waals surface area contributed by atoms with Gasteiger partial charge in [-0.15, -0.1) is 0 Å². The number of hydrogen-bond acceptors (Lipinski definition) is 3. The van der Waals surface area contributed by atoms with Crippen molar-refractivity contribution >= 4 is 11.8 Å². The number of carbonyl (C=O) groups is 1. The predicted molar refractivity (Wildman–Crippen MR) is 56.0 cm³/mol. The molecule has 1 aliphatic rings. The second-order valence-electron chi connectivity index (χ2n) is 3.46. The first-order chi connectivity index (χ1) is 7.31. The molecular weight excluding hydrogens is 194 g/mol. The Balaban J connectivity index is 2.33. The van der Waals surface area contributed by atoms with Gasteiger partial charge in [0, 0.05) is 18.7 Å². The summed E-state index contributed by atoms with van der Waals surface area (Å²) in [4.78, 5) is 11.2. The highest BCUT2D eigenvalue weighted by Crippen LogP contribution is 2.27. The van der Waals surface area contributed by atoms with Crippen LogP contribution in [-0.4, -0.2) is 26.4 Å². The van der Waals surface area contributed by atoms with E-state index in [1.54, 1.807) is 7.11 Å². The van der Waals surface area contributed by atoms with Crippen LogP contribution >= 0.6 is 0 Å². The molecule has 2 rings (SSSR count). The van der Waals surface area contributed by atoms with Gasteiger partial charge in [-0.05, 0) is 11.6 Å². The number of cyclic esters (lactones) is 1. The highest BCUT2D eigenvalue weighted by molar-refractivity contribution is 5.86. The fourth-order valence-corrected chi connectivity index (χ4v) is 1.72. The molecule has 0 bridgehead atoms. The number of rotatable bonds is 2. The van der Waals surface area contributed by atoms with Crippen LogP contribution in [0.1, 0.15) is 11.5 Å². The number of nitrogens with one attached hydrogen (secondary N) is 1. The highest BCUT2D eigenvalue weighted by Gasteiger charge is 2.22. The first-order valence-electron chi connectivity index (χ1n) is 4.83. The van der Waals surface area contributed by atoms with Crippen LogP contribution in [0.4, 0.5) is 10.5 Å². The summed E-state index contributed by atoms with van der Waals surface area (Å²) in [7, 11) is 1.64. The monoisotopic (exact) mass is 207 g/mol. The number of amides is 1. The lowest BCUT2D eigenvalue weighted by Gasteiger charge is -2.14. The fourth-order valence-electron chi connectivity index (χ4n) is 1.72. The van der Waals surface area contributed by atoms with E-state index in [9.17, 15) is 4.79 Å². The smallest absolute Gasteiger partial charge is 0.411 e. The third-order valence-electron chi connectivity index (χ3n) is 2.42. The summed E-state index contributed by atoms with van der Waals surface area (Å²) in [5.41, 5.74) is 1.87. The van der Waals surface area contributed by atoms with Crippen LogP contribution < -0.4 is 5.32 Å². The summed E-state index contributed by atoms with van der Waals surface area (Å²) in [5.74, 6) is 0.102. The topological polar surface area (TPSA) is 47.6 Å². The van der Waals surface area contributed by atoms with Gasteiger partial charge in [-0.25, -0.2) is 4.79 Å². The van der Waals surface area contributed by atoms with E-state index in [2.05, 4.69) is 5.32 Å². The second-order valence-corrected chi connectivity index (χ2v) is 3.46. The normalized spacial score (nSPS) is 19.8. The van der Waals surface area contributed by atoms with Gasteiger partial charge in [-0.1, -0.05) is 18.2 Å². The lowest BCUT2D eigenvalue weighted by atomic mass is 9.99. The second kappa shape index (κ2) is 4.31. The zero-order valence-corrected chi connectivity index (χ0v) is 8.53. The molecule has 1 heterocycles. The zero-order chi connectivity index (χ0) is 10.7. The van der Waals surface area contributed by atoms with E-state index in [0.29, 0.717) is 13.2 Å². The Morgan fingerprint density at radius 1 is 1.53 bits per heavy atom. The zero-order valence-electron chi connectivity index (χ0n) is 8.53. The Hall–Kier alpha value is -1.55. The van der Waals surface area contributed by atoms with Crippen molar-refractivity contribution in [3.05, 3.63) is 29.8 Å². The van der Waals surface area contributed by atoms with Crippen LogP contribution in [0, 0.1) is 0 Å². The van der Waals surface area contributed by atoms with Gasteiger partial charge in [0.1, 0.15) is 6.61 Å². The van der Waals surface area contributed by atoms with E-state index in [1.807, 2.05) is 24.3 Å². The number of anilines is 1. The van der Waals surface area contributed by atoms with Crippen LogP contribution in [0.15, 0.2) is 24.3 Å². The Morgan fingerprint density at radius 2 is 2.33 bits per heavy atom. The molecule has 4 nitrogen and oxygen atoms in total. The molecule has 0 spiro atoms. The first-order valence-corrected chi connectivity index (χ1v) is 4.83. The maximum absolute atomic E-state index is 11.2. The van der Waals surface area contributed by atoms with Crippen molar-refractivity contribution in [2.75, 3.05) is 25.6 Å². The van der Waals surface area contributed by atoms with E-state index in [1.165, 1.54) is 0 Å². The summed E-state index contributed by atoms with van der Waals surface area (Å²) < 4.78 is 10.1. The fraction of sp³-hybridized carbons (Fsp3) is 0.364. The van der Waals surface area contributed by atoms with Gasteiger partial charge in [0.2, 0.25) is 0 Å². The van der Waals surface area contributed by atoms with Crippen molar-refractivity contribution in [3.8, 4) is 0 Å². The van der Waals surface area contributed by atoms with Gasteiger partial charge in [0.15, 0.2) is 0 Å². The van der Waals surface area contributed by atoms with Crippen molar-refractivity contribution in [2.24, 2.45) is 0 Å². The number of carbonyl (C=O) groups excluding carboxylic acids is 1. The minimum absolute atomic E-state index is 0.102. The van der Waals surface area contributed by atoms with Crippen molar-refractivity contribution in [3.63, 3.8) is 0 Å². The number of benzene rings is 1. The minimum Gasteiger partial charge on any atom is -0.449 e. The Morgan fingerprint density at radius 3 is 3.13 bits per heavy atom. The lowest BCUT2D eigenvalue weighted by molar-refractivity contribution is 0.121. The number of para-hydroxylation sites is 1. The van der Waals surface area contributed by atoms with Crippen LogP contribution in [0.25, 0.3) is 0 Å². The number of fused-ring (bicyclic) bond motifs is 1. The average Bonchev–Trinajstić information content (AvgIpc) is 2.39. The molecule has 80 valence electrons. The molecule has 1 aliphatic heterocycles. The van der Waals surface area contributed by atoms with Crippen LogP contribution in [0.3, 0.4) is 0 Å². The Labute approximate surface area is 88.2 Å². The van der Waals surface area contributed by atoms with Crippen molar-refractivity contribution in [2.45, 2.75) is 5.92 Å². The van der Waals surface area contributed by atoms with Gasteiger partial charge >= 0.3 is 6.09 Å². The van der Waals surface area contributed by atoms with Gasteiger partial charge in [-0.3, -0.25) is 5.32 Å². The number of hydrogen-bond donors (Lipinski definition) is 1. The maximum atomic E-state index is 11.2. The Bertz CT molecular complexity index is 365. The SMILES string of the molecule is COCC1COC(=O)Nc2ccccc21. The van der Waals surface area contributed by atoms with E-state index in [4.69, 9.17) is 9.47 Å². The third-order valence-corrected chi connectivity index (χ3v) is 2.42. The molecule has 4 heteroatoms. The van der Waals surface area contributed by atoms with Crippen molar-refractivity contribution in [1.29, 1.82) is 0 Å². The average molecular weight is 207 g/mol. The molecule has 0 aromatic heterocycles. The van der Waals surface area contributed by atoms with Gasteiger partial charge < -0.3 is 9.47 Å². The summed E-state index contributed by atoms with van der Waals surface area (Å²) in [5, 5.41) is 2.69. The summed E-state index contributed by atoms with van der Waals surface area (Å²) in [6.07, 6.45) is -0.402. The molecule has 1 amide bonds. The molecule has 0 fully saturated rings. The quantitative estimate of drug-likeness (QED) is 0.806. The molecule has 0 saturated heterocycles. The van der Waals surface area contributed by atoms with Crippen molar-refractivity contribution < 1.29 is 14.3 Å². The van der Waals surface area contributed by atoms with E-state index >= 15 is 0 Å².